The Balaban J connectivity index is 1.74. The first-order valence-corrected chi connectivity index (χ1v) is 6.98. The summed E-state index contributed by atoms with van der Waals surface area (Å²) in [4.78, 5) is 16.5. The van der Waals surface area contributed by atoms with Crippen LogP contribution >= 0.6 is 11.3 Å². The fourth-order valence-electron chi connectivity index (χ4n) is 1.84. The number of aromatic nitrogens is 2. The number of nitrogens with one attached hydrogen (secondary N) is 1. The van der Waals surface area contributed by atoms with Gasteiger partial charge in [0.1, 0.15) is 10.9 Å². The van der Waals surface area contributed by atoms with Gasteiger partial charge in [-0.1, -0.05) is 11.3 Å². The standard InChI is InChI=1S/C15H10N4OS/c16-9-13-10-17-15(21-13)18-14(20)11-3-5-12(6-4-11)19-7-1-2-8-19/h1-8,10H,(H,17,18,20). The summed E-state index contributed by atoms with van der Waals surface area (Å²) in [6.45, 7) is 0. The van der Waals surface area contributed by atoms with Crippen molar-refractivity contribution >= 4 is 22.4 Å². The van der Waals surface area contributed by atoms with Crippen LogP contribution in [0.25, 0.3) is 5.69 Å². The summed E-state index contributed by atoms with van der Waals surface area (Å²) in [5.74, 6) is -0.243. The van der Waals surface area contributed by atoms with Gasteiger partial charge >= 0.3 is 0 Å². The quantitative estimate of drug-likeness (QED) is 0.807. The topological polar surface area (TPSA) is 70.7 Å². The third kappa shape index (κ3) is 2.83. The molecule has 0 bridgehead atoms. The van der Waals surface area contributed by atoms with Crippen LogP contribution in [0, 0.1) is 11.3 Å². The van der Waals surface area contributed by atoms with Crippen LogP contribution in [0.1, 0.15) is 15.2 Å². The highest BCUT2D eigenvalue weighted by atomic mass is 32.1. The molecule has 21 heavy (non-hydrogen) atoms. The second-order valence-corrected chi connectivity index (χ2v) is 5.26. The molecule has 0 aliphatic carbocycles. The molecule has 0 aliphatic rings. The average Bonchev–Trinajstić information content (AvgIpc) is 3.19. The largest absolute Gasteiger partial charge is 0.324 e. The number of anilines is 1. The molecule has 3 rings (SSSR count). The smallest absolute Gasteiger partial charge is 0.257 e. The SMILES string of the molecule is N#Cc1cnc(NC(=O)c2ccc(-n3cccc3)cc2)s1. The van der Waals surface area contributed by atoms with Crippen LogP contribution in [0.4, 0.5) is 5.13 Å². The minimum atomic E-state index is -0.243. The van der Waals surface area contributed by atoms with Crippen molar-refractivity contribution in [3.8, 4) is 11.8 Å². The van der Waals surface area contributed by atoms with Crippen molar-refractivity contribution in [3.05, 3.63) is 65.4 Å². The minimum absolute atomic E-state index is 0.243. The number of thiazole rings is 1. The number of benzene rings is 1. The van der Waals surface area contributed by atoms with Crippen LogP contribution in [0.2, 0.25) is 0 Å². The highest BCUT2D eigenvalue weighted by Crippen LogP contribution is 2.18. The van der Waals surface area contributed by atoms with E-state index >= 15 is 0 Å². The molecule has 2 aromatic heterocycles. The Kier molecular flexibility index (Phi) is 3.50. The lowest BCUT2D eigenvalue weighted by Gasteiger charge is -2.05. The molecule has 0 unspecified atom stereocenters. The van der Waals surface area contributed by atoms with Crippen molar-refractivity contribution in [2.45, 2.75) is 0 Å². The predicted octanol–water partition coefficient (Wildman–Crippen LogP) is 3.06. The van der Waals surface area contributed by atoms with E-state index in [2.05, 4.69) is 10.3 Å². The predicted molar refractivity (Wildman–Crippen MR) is 80.6 cm³/mol. The molecule has 0 radical (unpaired) electrons. The van der Waals surface area contributed by atoms with Gasteiger partial charge in [-0.25, -0.2) is 4.98 Å². The summed E-state index contributed by atoms with van der Waals surface area (Å²) in [7, 11) is 0. The van der Waals surface area contributed by atoms with E-state index < -0.39 is 0 Å². The van der Waals surface area contributed by atoms with Gasteiger partial charge in [0.15, 0.2) is 5.13 Å². The number of nitrogens with zero attached hydrogens (tertiary/aromatic N) is 3. The zero-order valence-corrected chi connectivity index (χ0v) is 11.7. The third-order valence-electron chi connectivity index (χ3n) is 2.87. The van der Waals surface area contributed by atoms with E-state index in [1.54, 1.807) is 12.1 Å². The fraction of sp³-hybridized carbons (Fsp3) is 0. The van der Waals surface area contributed by atoms with Gasteiger partial charge in [0.25, 0.3) is 5.91 Å². The van der Waals surface area contributed by atoms with Crippen LogP contribution < -0.4 is 5.32 Å². The Morgan fingerprint density at radius 3 is 2.57 bits per heavy atom. The molecular weight excluding hydrogens is 284 g/mol. The molecule has 0 aliphatic heterocycles. The van der Waals surface area contributed by atoms with Gasteiger partial charge in [0.05, 0.1) is 6.20 Å². The van der Waals surface area contributed by atoms with Gasteiger partial charge in [0, 0.05) is 23.6 Å². The van der Waals surface area contributed by atoms with Crippen molar-refractivity contribution in [3.63, 3.8) is 0 Å². The first-order valence-electron chi connectivity index (χ1n) is 6.17. The van der Waals surface area contributed by atoms with Crippen LogP contribution in [-0.4, -0.2) is 15.5 Å². The maximum absolute atomic E-state index is 12.1. The number of carbonyl (C=O) groups is 1. The Labute approximate surface area is 125 Å². The lowest BCUT2D eigenvalue weighted by Crippen LogP contribution is -2.11. The second-order valence-electron chi connectivity index (χ2n) is 4.23. The number of rotatable bonds is 3. The zero-order chi connectivity index (χ0) is 14.7. The number of nitriles is 1. The molecule has 1 N–H and O–H groups in total. The molecule has 3 aromatic rings. The molecule has 0 saturated heterocycles. The molecule has 5 nitrogen and oxygen atoms in total. The fourth-order valence-corrected chi connectivity index (χ4v) is 2.45. The van der Waals surface area contributed by atoms with E-state index in [1.807, 2.05) is 47.3 Å². The van der Waals surface area contributed by atoms with Gasteiger partial charge in [-0.15, -0.1) is 0 Å². The Bertz CT molecular complexity index is 797. The van der Waals surface area contributed by atoms with Crippen molar-refractivity contribution in [2.24, 2.45) is 0 Å². The summed E-state index contributed by atoms with van der Waals surface area (Å²) < 4.78 is 1.96. The monoisotopic (exact) mass is 294 g/mol. The summed E-state index contributed by atoms with van der Waals surface area (Å²) in [5, 5.41) is 11.8. The molecule has 0 atom stereocenters. The van der Waals surface area contributed by atoms with Crippen molar-refractivity contribution in [1.29, 1.82) is 5.26 Å². The third-order valence-corrected chi connectivity index (χ3v) is 3.69. The highest BCUT2D eigenvalue weighted by molar-refractivity contribution is 7.16. The van der Waals surface area contributed by atoms with E-state index in [1.165, 1.54) is 6.20 Å². The second kappa shape index (κ2) is 5.61. The summed E-state index contributed by atoms with van der Waals surface area (Å²) in [6, 6.07) is 13.1. The Morgan fingerprint density at radius 1 is 1.24 bits per heavy atom. The van der Waals surface area contributed by atoms with E-state index in [-0.39, 0.29) is 5.91 Å². The van der Waals surface area contributed by atoms with E-state index in [4.69, 9.17) is 5.26 Å². The lowest BCUT2D eigenvalue weighted by atomic mass is 10.2. The first-order chi connectivity index (χ1) is 10.3. The van der Waals surface area contributed by atoms with Crippen LogP contribution in [-0.2, 0) is 0 Å². The van der Waals surface area contributed by atoms with Crippen LogP contribution in [0.5, 0.6) is 0 Å². The average molecular weight is 294 g/mol. The number of amides is 1. The summed E-state index contributed by atoms with van der Waals surface area (Å²) in [6.07, 6.45) is 5.32. The van der Waals surface area contributed by atoms with Crippen LogP contribution in [0.3, 0.4) is 0 Å². The molecule has 2 heterocycles. The van der Waals surface area contributed by atoms with Gasteiger partial charge in [-0.05, 0) is 36.4 Å². The number of carbonyl (C=O) groups excluding carboxylic acids is 1. The maximum atomic E-state index is 12.1. The van der Waals surface area contributed by atoms with Gasteiger partial charge in [-0.2, -0.15) is 5.26 Å². The summed E-state index contributed by atoms with van der Waals surface area (Å²) >= 11 is 1.15. The number of hydrogen-bond donors (Lipinski definition) is 1. The molecule has 1 amide bonds. The maximum Gasteiger partial charge on any atom is 0.257 e. The van der Waals surface area contributed by atoms with E-state index in [9.17, 15) is 4.79 Å². The van der Waals surface area contributed by atoms with Crippen LogP contribution in [0.15, 0.2) is 55.0 Å². The van der Waals surface area contributed by atoms with E-state index in [0.29, 0.717) is 15.6 Å². The normalized spacial score (nSPS) is 10.0. The van der Waals surface area contributed by atoms with Crippen molar-refractivity contribution in [1.82, 2.24) is 9.55 Å². The van der Waals surface area contributed by atoms with Gasteiger partial charge in [0.2, 0.25) is 0 Å². The molecule has 1 aromatic carbocycles. The Hall–Kier alpha value is -2.91. The molecular formula is C15H10N4OS. The molecule has 6 heteroatoms. The molecule has 102 valence electrons. The lowest BCUT2D eigenvalue weighted by molar-refractivity contribution is 0.102. The van der Waals surface area contributed by atoms with Gasteiger partial charge in [-0.3, -0.25) is 10.1 Å². The molecule has 0 spiro atoms. The number of hydrogen-bond acceptors (Lipinski definition) is 4. The first kappa shape index (κ1) is 13.1. The highest BCUT2D eigenvalue weighted by Gasteiger charge is 2.09. The van der Waals surface area contributed by atoms with Crippen molar-refractivity contribution < 1.29 is 4.79 Å². The van der Waals surface area contributed by atoms with Gasteiger partial charge < -0.3 is 4.57 Å². The molecule has 0 saturated carbocycles. The zero-order valence-electron chi connectivity index (χ0n) is 10.9. The summed E-state index contributed by atoms with van der Waals surface area (Å²) in [5.41, 5.74) is 1.53. The van der Waals surface area contributed by atoms with E-state index in [0.717, 1.165) is 17.0 Å². The Morgan fingerprint density at radius 2 is 1.95 bits per heavy atom. The minimum Gasteiger partial charge on any atom is -0.324 e. The van der Waals surface area contributed by atoms with Crippen molar-refractivity contribution in [2.75, 3.05) is 5.32 Å². The molecule has 0 fully saturated rings.